The molecule has 0 aliphatic carbocycles. The lowest BCUT2D eigenvalue weighted by molar-refractivity contribution is -0.125. The minimum absolute atomic E-state index is 0.232. The van der Waals surface area contributed by atoms with Crippen molar-refractivity contribution >= 4 is 40.2 Å². The summed E-state index contributed by atoms with van der Waals surface area (Å²) in [5, 5.41) is 2.82. The van der Waals surface area contributed by atoms with Crippen molar-refractivity contribution in [3.8, 4) is 0 Å². The number of carbonyl (C=O) groups excluding carboxylic acids is 2. The second-order valence-corrected chi connectivity index (χ2v) is 4.81. The first-order valence-corrected chi connectivity index (χ1v) is 5.84. The van der Waals surface area contributed by atoms with Crippen molar-refractivity contribution in [1.82, 2.24) is 4.90 Å². The predicted molar refractivity (Wildman–Crippen MR) is 64.6 cm³/mol. The van der Waals surface area contributed by atoms with Crippen molar-refractivity contribution in [3.05, 3.63) is 29.3 Å². The molecule has 6 heteroatoms. The number of halogens is 1. The molecule has 1 aromatic carbocycles. The van der Waals surface area contributed by atoms with Gasteiger partial charge in [-0.1, -0.05) is 11.6 Å². The van der Waals surface area contributed by atoms with Gasteiger partial charge in [0, 0.05) is 17.8 Å². The summed E-state index contributed by atoms with van der Waals surface area (Å²) in [6.45, 7) is 0. The summed E-state index contributed by atoms with van der Waals surface area (Å²) in [6.07, 6.45) is 0. The summed E-state index contributed by atoms with van der Waals surface area (Å²) >= 11 is 6.72. The Morgan fingerprint density at radius 3 is 2.44 bits per heavy atom. The van der Waals surface area contributed by atoms with E-state index in [2.05, 4.69) is 5.32 Å². The first-order chi connectivity index (χ1) is 7.58. The molecule has 0 aromatic heterocycles. The molecular formula is C10H9ClN2O2S. The molecule has 1 saturated heterocycles. The third-order valence-electron chi connectivity index (χ3n) is 2.19. The Hall–Kier alpha value is -1.20. The Morgan fingerprint density at radius 2 is 1.94 bits per heavy atom. The fourth-order valence-corrected chi connectivity index (χ4v) is 2.31. The van der Waals surface area contributed by atoms with Gasteiger partial charge in [0.1, 0.15) is 0 Å². The fraction of sp³-hybridized carbons (Fsp3) is 0.200. The number of amides is 2. The topological polar surface area (TPSA) is 49.4 Å². The van der Waals surface area contributed by atoms with Crippen LogP contribution in [0, 0.1) is 0 Å². The molecule has 1 N–H and O–H groups in total. The van der Waals surface area contributed by atoms with Crippen molar-refractivity contribution in [2.75, 3.05) is 12.4 Å². The Balaban J connectivity index is 2.09. The maximum absolute atomic E-state index is 11.6. The number of benzene rings is 1. The molecular weight excluding hydrogens is 248 g/mol. The smallest absolute Gasteiger partial charge is 0.290 e. The quantitative estimate of drug-likeness (QED) is 0.883. The molecule has 0 unspecified atom stereocenters. The highest BCUT2D eigenvalue weighted by Gasteiger charge is 2.36. The van der Waals surface area contributed by atoms with E-state index in [1.165, 1.54) is 7.05 Å². The number of imide groups is 1. The Labute approximate surface area is 102 Å². The van der Waals surface area contributed by atoms with Crippen LogP contribution in [0.25, 0.3) is 0 Å². The van der Waals surface area contributed by atoms with Crippen LogP contribution in [0.4, 0.5) is 10.5 Å². The van der Waals surface area contributed by atoms with Gasteiger partial charge in [0.05, 0.1) is 0 Å². The van der Waals surface area contributed by atoms with Crippen LogP contribution in [-0.2, 0) is 4.79 Å². The second kappa shape index (κ2) is 4.35. The molecule has 1 aliphatic heterocycles. The lowest BCUT2D eigenvalue weighted by atomic mass is 10.3. The van der Waals surface area contributed by atoms with Crippen molar-refractivity contribution in [2.45, 2.75) is 5.37 Å². The van der Waals surface area contributed by atoms with E-state index in [0.717, 1.165) is 22.3 Å². The van der Waals surface area contributed by atoms with Crippen LogP contribution in [-0.4, -0.2) is 28.5 Å². The SMILES string of the molecule is CN1C(=O)S[C@@H](Nc2ccc(Cl)cc2)C1=O. The Morgan fingerprint density at radius 1 is 1.31 bits per heavy atom. The van der Waals surface area contributed by atoms with Crippen LogP contribution in [0.1, 0.15) is 0 Å². The number of hydrogen-bond donors (Lipinski definition) is 1. The number of hydrogen-bond acceptors (Lipinski definition) is 4. The monoisotopic (exact) mass is 256 g/mol. The van der Waals surface area contributed by atoms with Gasteiger partial charge >= 0.3 is 0 Å². The molecule has 0 bridgehead atoms. The lowest BCUT2D eigenvalue weighted by Gasteiger charge is -2.10. The summed E-state index contributed by atoms with van der Waals surface area (Å²) in [4.78, 5) is 23.9. The van der Waals surface area contributed by atoms with Crippen LogP contribution in [0.15, 0.2) is 24.3 Å². The van der Waals surface area contributed by atoms with Gasteiger partial charge < -0.3 is 5.32 Å². The zero-order chi connectivity index (χ0) is 11.7. The Kier molecular flexibility index (Phi) is 3.07. The van der Waals surface area contributed by atoms with Gasteiger partial charge in [-0.05, 0) is 36.0 Å². The summed E-state index contributed by atoms with van der Waals surface area (Å²) in [6, 6.07) is 6.97. The molecule has 2 amide bonds. The molecule has 1 fully saturated rings. The van der Waals surface area contributed by atoms with Crippen LogP contribution >= 0.6 is 23.4 Å². The third kappa shape index (κ3) is 2.15. The van der Waals surface area contributed by atoms with Crippen LogP contribution < -0.4 is 5.32 Å². The lowest BCUT2D eigenvalue weighted by Crippen LogP contribution is -2.31. The highest BCUT2D eigenvalue weighted by Crippen LogP contribution is 2.27. The van der Waals surface area contributed by atoms with Crippen LogP contribution in [0.3, 0.4) is 0 Å². The van der Waals surface area contributed by atoms with E-state index in [4.69, 9.17) is 11.6 Å². The van der Waals surface area contributed by atoms with E-state index in [0.29, 0.717) is 5.02 Å². The van der Waals surface area contributed by atoms with Gasteiger partial charge in [0.25, 0.3) is 11.1 Å². The van der Waals surface area contributed by atoms with Gasteiger partial charge in [-0.25, -0.2) is 0 Å². The zero-order valence-corrected chi connectivity index (χ0v) is 10.0. The van der Waals surface area contributed by atoms with Crippen LogP contribution in [0.2, 0.25) is 5.02 Å². The Bertz CT molecular complexity index is 435. The molecule has 1 atom stereocenters. The van der Waals surface area contributed by atoms with E-state index >= 15 is 0 Å². The summed E-state index contributed by atoms with van der Waals surface area (Å²) in [5.41, 5.74) is 0.762. The number of nitrogens with zero attached hydrogens (tertiary/aromatic N) is 1. The van der Waals surface area contributed by atoms with Gasteiger partial charge in [-0.2, -0.15) is 0 Å². The first-order valence-electron chi connectivity index (χ1n) is 4.58. The number of thioether (sulfide) groups is 1. The highest BCUT2D eigenvalue weighted by atomic mass is 35.5. The van der Waals surface area contributed by atoms with Crippen molar-refractivity contribution in [1.29, 1.82) is 0 Å². The highest BCUT2D eigenvalue weighted by molar-refractivity contribution is 8.15. The fourth-order valence-electron chi connectivity index (χ4n) is 1.28. The zero-order valence-electron chi connectivity index (χ0n) is 8.44. The van der Waals surface area contributed by atoms with E-state index in [-0.39, 0.29) is 11.1 Å². The largest absolute Gasteiger partial charge is 0.365 e. The molecule has 84 valence electrons. The van der Waals surface area contributed by atoms with Gasteiger partial charge in [0.15, 0.2) is 5.37 Å². The average molecular weight is 257 g/mol. The minimum atomic E-state index is -0.543. The summed E-state index contributed by atoms with van der Waals surface area (Å²) in [5.74, 6) is -0.232. The molecule has 1 aliphatic rings. The maximum Gasteiger partial charge on any atom is 0.290 e. The molecule has 16 heavy (non-hydrogen) atoms. The molecule has 1 heterocycles. The minimum Gasteiger partial charge on any atom is -0.365 e. The number of nitrogens with one attached hydrogen (secondary N) is 1. The number of anilines is 1. The third-order valence-corrected chi connectivity index (χ3v) is 3.47. The van der Waals surface area contributed by atoms with Gasteiger partial charge in [0.2, 0.25) is 0 Å². The molecule has 0 saturated carbocycles. The maximum atomic E-state index is 11.6. The number of rotatable bonds is 2. The predicted octanol–water partition coefficient (Wildman–Crippen LogP) is 2.40. The van der Waals surface area contributed by atoms with Gasteiger partial charge in [-0.15, -0.1) is 0 Å². The molecule has 0 radical (unpaired) electrons. The van der Waals surface area contributed by atoms with Crippen molar-refractivity contribution < 1.29 is 9.59 Å². The summed E-state index contributed by atoms with van der Waals surface area (Å²) < 4.78 is 0. The van der Waals surface area contributed by atoms with Crippen molar-refractivity contribution in [3.63, 3.8) is 0 Å². The molecule has 2 rings (SSSR count). The van der Waals surface area contributed by atoms with E-state index in [1.54, 1.807) is 24.3 Å². The van der Waals surface area contributed by atoms with E-state index in [9.17, 15) is 9.59 Å². The first kappa shape index (κ1) is 11.3. The second-order valence-electron chi connectivity index (χ2n) is 3.31. The molecule has 0 spiro atoms. The normalized spacial score (nSPS) is 20.4. The standard InChI is InChI=1S/C10H9ClN2O2S/c1-13-9(14)8(16-10(13)15)12-7-4-2-6(11)3-5-7/h2-5,8,12H,1H3/t8-/m1/s1. The number of carbonyl (C=O) groups is 2. The average Bonchev–Trinajstić information content (AvgIpc) is 2.50. The van der Waals surface area contributed by atoms with Crippen molar-refractivity contribution in [2.24, 2.45) is 0 Å². The summed E-state index contributed by atoms with van der Waals surface area (Å²) in [7, 11) is 1.47. The van der Waals surface area contributed by atoms with E-state index in [1.807, 2.05) is 0 Å². The van der Waals surface area contributed by atoms with Gasteiger partial charge in [-0.3, -0.25) is 14.5 Å². The van der Waals surface area contributed by atoms with E-state index < -0.39 is 5.37 Å². The van der Waals surface area contributed by atoms with Crippen LogP contribution in [0.5, 0.6) is 0 Å². The molecule has 1 aromatic rings. The molecule has 4 nitrogen and oxygen atoms in total. The number of likely N-dealkylation sites (N-methyl/N-ethyl adjacent to an activating group) is 1.